The first-order chi connectivity index (χ1) is 16.2. The summed E-state index contributed by atoms with van der Waals surface area (Å²) in [7, 11) is 0. The first-order valence-corrected chi connectivity index (χ1v) is 11.5. The number of aromatic nitrogens is 3. The highest BCUT2D eigenvalue weighted by Crippen LogP contribution is 2.28. The average molecular weight is 520 g/mol. The van der Waals surface area contributed by atoms with Gasteiger partial charge in [-0.15, -0.1) is 0 Å². The molecule has 1 amide bonds. The molecule has 0 aliphatic rings. The summed E-state index contributed by atoms with van der Waals surface area (Å²) in [5, 5.41) is 13.0. The van der Waals surface area contributed by atoms with Crippen molar-refractivity contribution in [1.29, 1.82) is 0 Å². The normalized spacial score (nSPS) is 11.0. The number of amides is 1. The fraction of sp³-hybridized carbons (Fsp3) is 0.208. The van der Waals surface area contributed by atoms with Crippen LogP contribution < -0.4 is 10.1 Å². The van der Waals surface area contributed by atoms with Crippen LogP contribution in [0.2, 0.25) is 15.1 Å². The van der Waals surface area contributed by atoms with Gasteiger partial charge in [0.1, 0.15) is 18.1 Å². The number of nitrogens with zero attached hydrogens (tertiary/aromatic N) is 3. The molecule has 0 saturated carbocycles. The molecule has 0 aliphatic carbocycles. The van der Waals surface area contributed by atoms with Gasteiger partial charge in [-0.3, -0.25) is 9.48 Å². The molecular weight excluding hydrogens is 499 g/mol. The smallest absolute Gasteiger partial charge is 0.278 e. The second kappa shape index (κ2) is 10.1. The van der Waals surface area contributed by atoms with Gasteiger partial charge < -0.3 is 14.6 Å². The van der Waals surface area contributed by atoms with Crippen LogP contribution in [0.3, 0.4) is 0 Å². The Kier molecular flexibility index (Phi) is 7.16. The Morgan fingerprint density at radius 3 is 2.47 bits per heavy atom. The minimum Gasteiger partial charge on any atom is -0.489 e. The molecule has 34 heavy (non-hydrogen) atoms. The van der Waals surface area contributed by atoms with Gasteiger partial charge >= 0.3 is 0 Å². The minimum atomic E-state index is -0.428. The highest BCUT2D eigenvalue weighted by Gasteiger charge is 2.23. The molecule has 176 valence electrons. The van der Waals surface area contributed by atoms with Gasteiger partial charge in [-0.1, -0.05) is 52.1 Å². The first kappa shape index (κ1) is 24.1. The Bertz CT molecular complexity index is 1340. The summed E-state index contributed by atoms with van der Waals surface area (Å²) in [6.45, 7) is 5.86. The lowest BCUT2D eigenvalue weighted by Gasteiger charge is -2.10. The van der Waals surface area contributed by atoms with E-state index in [0.717, 1.165) is 11.3 Å². The van der Waals surface area contributed by atoms with Crippen LogP contribution in [0.25, 0.3) is 0 Å². The number of rotatable bonds is 7. The molecule has 0 fully saturated rings. The standard InChI is InChI=1S/C24H21Cl3N4O3/c1-13-22(14(2)31(29-13)11-18-20(26)8-5-9-21(18)27)28-24(32)23-19(15(3)34-30-23)12-33-17-7-4-6-16(25)10-17/h4-10H,11-12H2,1-3H3,(H,28,32). The Labute approximate surface area is 211 Å². The monoisotopic (exact) mass is 518 g/mol. The molecule has 4 rings (SSSR count). The van der Waals surface area contributed by atoms with Gasteiger partial charge in [0.05, 0.1) is 29.2 Å². The summed E-state index contributed by atoms with van der Waals surface area (Å²) in [4.78, 5) is 13.1. The first-order valence-electron chi connectivity index (χ1n) is 10.4. The van der Waals surface area contributed by atoms with Crippen molar-refractivity contribution < 1.29 is 14.1 Å². The molecule has 4 aromatic rings. The van der Waals surface area contributed by atoms with Crippen LogP contribution in [0, 0.1) is 20.8 Å². The third-order valence-corrected chi connectivity index (χ3v) is 6.31. The Hall–Kier alpha value is -3.00. The highest BCUT2D eigenvalue weighted by atomic mass is 35.5. The quantitative estimate of drug-likeness (QED) is 0.296. The molecule has 2 aromatic heterocycles. The van der Waals surface area contributed by atoms with Crippen molar-refractivity contribution in [3.63, 3.8) is 0 Å². The molecule has 0 unspecified atom stereocenters. The fourth-order valence-electron chi connectivity index (χ4n) is 3.49. The molecule has 0 atom stereocenters. The predicted octanol–water partition coefficient (Wildman–Crippen LogP) is 6.64. The van der Waals surface area contributed by atoms with Crippen LogP contribution in [-0.4, -0.2) is 20.8 Å². The van der Waals surface area contributed by atoms with Gasteiger partial charge in [0.25, 0.3) is 5.91 Å². The maximum Gasteiger partial charge on any atom is 0.278 e. The van der Waals surface area contributed by atoms with E-state index in [1.807, 2.05) is 13.8 Å². The van der Waals surface area contributed by atoms with Crippen LogP contribution in [0.1, 0.15) is 38.8 Å². The van der Waals surface area contributed by atoms with Crippen LogP contribution in [-0.2, 0) is 13.2 Å². The predicted molar refractivity (Wildman–Crippen MR) is 132 cm³/mol. The van der Waals surface area contributed by atoms with Gasteiger partial charge in [-0.25, -0.2) is 0 Å². The molecule has 0 spiro atoms. The lowest BCUT2D eigenvalue weighted by Crippen LogP contribution is -2.16. The zero-order valence-electron chi connectivity index (χ0n) is 18.7. The van der Waals surface area contributed by atoms with E-state index in [1.54, 1.807) is 54.1 Å². The number of carbonyl (C=O) groups is 1. The molecule has 10 heteroatoms. The number of hydrogen-bond acceptors (Lipinski definition) is 5. The van der Waals surface area contributed by atoms with E-state index >= 15 is 0 Å². The molecule has 0 aliphatic heterocycles. The van der Waals surface area contributed by atoms with Crippen molar-refractivity contribution in [3.8, 4) is 5.75 Å². The Morgan fingerprint density at radius 2 is 1.76 bits per heavy atom. The minimum absolute atomic E-state index is 0.0979. The maximum absolute atomic E-state index is 13.1. The van der Waals surface area contributed by atoms with Crippen molar-refractivity contribution in [1.82, 2.24) is 14.9 Å². The summed E-state index contributed by atoms with van der Waals surface area (Å²) in [5.74, 6) is 0.637. The van der Waals surface area contributed by atoms with Gasteiger partial charge in [0.15, 0.2) is 5.69 Å². The van der Waals surface area contributed by atoms with Crippen molar-refractivity contribution >= 4 is 46.4 Å². The lowest BCUT2D eigenvalue weighted by atomic mass is 10.2. The third kappa shape index (κ3) is 5.06. The Balaban J connectivity index is 1.53. The van der Waals surface area contributed by atoms with E-state index in [-0.39, 0.29) is 12.3 Å². The van der Waals surface area contributed by atoms with E-state index in [4.69, 9.17) is 44.1 Å². The zero-order valence-corrected chi connectivity index (χ0v) is 20.9. The number of nitrogens with one attached hydrogen (secondary N) is 1. The van der Waals surface area contributed by atoms with Crippen LogP contribution in [0.5, 0.6) is 5.75 Å². The largest absolute Gasteiger partial charge is 0.489 e. The third-order valence-electron chi connectivity index (χ3n) is 5.37. The van der Waals surface area contributed by atoms with Crippen molar-refractivity contribution in [2.75, 3.05) is 5.32 Å². The Morgan fingerprint density at radius 1 is 1.06 bits per heavy atom. The topological polar surface area (TPSA) is 82.2 Å². The number of hydrogen-bond donors (Lipinski definition) is 1. The number of carbonyl (C=O) groups excluding carboxylic acids is 1. The highest BCUT2D eigenvalue weighted by molar-refractivity contribution is 6.36. The second-order valence-corrected chi connectivity index (χ2v) is 8.92. The molecular formula is C24H21Cl3N4O3. The van der Waals surface area contributed by atoms with Crippen LogP contribution in [0.4, 0.5) is 5.69 Å². The van der Waals surface area contributed by atoms with Crippen molar-refractivity contribution in [2.45, 2.75) is 33.9 Å². The van der Waals surface area contributed by atoms with Gasteiger partial charge in [-0.05, 0) is 51.1 Å². The molecule has 2 aromatic carbocycles. The van der Waals surface area contributed by atoms with E-state index < -0.39 is 5.91 Å². The van der Waals surface area contributed by atoms with E-state index in [2.05, 4.69) is 15.6 Å². The number of aryl methyl sites for hydroxylation is 2. The lowest BCUT2D eigenvalue weighted by molar-refractivity contribution is 0.101. The fourth-order valence-corrected chi connectivity index (χ4v) is 4.19. The van der Waals surface area contributed by atoms with Gasteiger partial charge in [-0.2, -0.15) is 5.10 Å². The summed E-state index contributed by atoms with van der Waals surface area (Å²) < 4.78 is 12.8. The zero-order chi connectivity index (χ0) is 24.4. The summed E-state index contributed by atoms with van der Waals surface area (Å²) in [6, 6.07) is 12.3. The average Bonchev–Trinajstić information content (AvgIpc) is 3.29. The number of benzene rings is 2. The molecule has 7 nitrogen and oxygen atoms in total. The molecule has 1 N–H and O–H groups in total. The SMILES string of the molecule is Cc1nn(Cc2c(Cl)cccc2Cl)c(C)c1NC(=O)c1noc(C)c1COc1cccc(Cl)c1. The maximum atomic E-state index is 13.1. The summed E-state index contributed by atoms with van der Waals surface area (Å²) in [5.41, 5.74) is 3.41. The molecule has 2 heterocycles. The van der Waals surface area contributed by atoms with E-state index in [9.17, 15) is 4.79 Å². The van der Waals surface area contributed by atoms with Crippen LogP contribution in [0.15, 0.2) is 47.0 Å². The number of halogens is 3. The number of ether oxygens (including phenoxy) is 1. The molecule has 0 bridgehead atoms. The van der Waals surface area contributed by atoms with Gasteiger partial charge in [0, 0.05) is 20.6 Å². The molecule has 0 saturated heterocycles. The second-order valence-electron chi connectivity index (χ2n) is 7.67. The van der Waals surface area contributed by atoms with Crippen molar-refractivity contribution in [3.05, 3.63) is 91.5 Å². The van der Waals surface area contributed by atoms with Crippen LogP contribution >= 0.6 is 34.8 Å². The molecule has 0 radical (unpaired) electrons. The van der Waals surface area contributed by atoms with E-state index in [0.29, 0.717) is 50.1 Å². The summed E-state index contributed by atoms with van der Waals surface area (Å²) >= 11 is 18.6. The van der Waals surface area contributed by atoms with E-state index in [1.165, 1.54) is 0 Å². The summed E-state index contributed by atoms with van der Waals surface area (Å²) in [6.07, 6.45) is 0. The number of anilines is 1. The van der Waals surface area contributed by atoms with Crippen molar-refractivity contribution in [2.24, 2.45) is 0 Å². The van der Waals surface area contributed by atoms with Gasteiger partial charge in [0.2, 0.25) is 0 Å².